The van der Waals surface area contributed by atoms with E-state index in [4.69, 9.17) is 0 Å². The van der Waals surface area contributed by atoms with Gasteiger partial charge in [0.2, 0.25) is 10.0 Å². The van der Waals surface area contributed by atoms with E-state index < -0.39 is 10.0 Å². The predicted octanol–water partition coefficient (Wildman–Crippen LogP) is 2.57. The second kappa shape index (κ2) is 6.95. The summed E-state index contributed by atoms with van der Waals surface area (Å²) in [5.74, 6) is -0.356. The Bertz CT molecular complexity index is 772. The van der Waals surface area contributed by atoms with Crippen molar-refractivity contribution in [2.45, 2.75) is 9.79 Å². The van der Waals surface area contributed by atoms with Crippen molar-refractivity contribution in [3.05, 3.63) is 54.1 Å². The van der Waals surface area contributed by atoms with E-state index in [9.17, 15) is 13.2 Å². The summed E-state index contributed by atoms with van der Waals surface area (Å²) in [6.45, 7) is 0. The highest BCUT2D eigenvalue weighted by molar-refractivity contribution is 7.98. The van der Waals surface area contributed by atoms with Gasteiger partial charge in [-0.2, -0.15) is 0 Å². The van der Waals surface area contributed by atoms with Gasteiger partial charge < -0.3 is 5.32 Å². The molecule has 0 aliphatic carbocycles. The third-order valence-electron chi connectivity index (χ3n) is 3.02. The largest absolute Gasteiger partial charge is 0.322 e. The molecule has 5 nitrogen and oxygen atoms in total. The lowest BCUT2D eigenvalue weighted by molar-refractivity contribution is 0.102. The monoisotopic (exact) mass is 336 g/mol. The van der Waals surface area contributed by atoms with Gasteiger partial charge in [-0.15, -0.1) is 11.8 Å². The topological polar surface area (TPSA) is 75.3 Å². The van der Waals surface area contributed by atoms with Gasteiger partial charge in [-0.25, -0.2) is 13.1 Å². The van der Waals surface area contributed by atoms with Crippen LogP contribution in [0, 0.1) is 0 Å². The number of sulfonamides is 1. The molecule has 22 heavy (non-hydrogen) atoms. The molecule has 0 aliphatic rings. The van der Waals surface area contributed by atoms with Gasteiger partial charge in [0.05, 0.1) is 4.90 Å². The first-order chi connectivity index (χ1) is 10.5. The first-order valence-electron chi connectivity index (χ1n) is 6.45. The molecular formula is C15H16N2O3S2. The molecule has 2 aromatic carbocycles. The number of amides is 1. The van der Waals surface area contributed by atoms with Gasteiger partial charge in [0.25, 0.3) is 5.91 Å². The van der Waals surface area contributed by atoms with Crippen LogP contribution >= 0.6 is 11.8 Å². The Hall–Kier alpha value is -1.83. The Kier molecular flexibility index (Phi) is 5.23. The zero-order valence-corrected chi connectivity index (χ0v) is 13.8. The SMILES string of the molecule is CNS(=O)(=O)c1cccc(C(=O)Nc2ccc(SC)cc2)c1. The summed E-state index contributed by atoms with van der Waals surface area (Å²) in [6.07, 6.45) is 1.97. The minimum absolute atomic E-state index is 0.0559. The Morgan fingerprint density at radius 3 is 2.36 bits per heavy atom. The van der Waals surface area contributed by atoms with Gasteiger partial charge in [-0.05, 0) is 55.8 Å². The predicted molar refractivity (Wildman–Crippen MR) is 88.9 cm³/mol. The summed E-state index contributed by atoms with van der Waals surface area (Å²) in [5.41, 5.74) is 0.940. The van der Waals surface area contributed by atoms with Gasteiger partial charge in [-0.3, -0.25) is 4.79 Å². The summed E-state index contributed by atoms with van der Waals surface area (Å²) >= 11 is 1.61. The van der Waals surface area contributed by atoms with Crippen molar-refractivity contribution in [2.24, 2.45) is 0 Å². The molecule has 0 radical (unpaired) electrons. The van der Waals surface area contributed by atoms with E-state index in [1.807, 2.05) is 18.4 Å². The lowest BCUT2D eigenvalue weighted by Crippen LogP contribution is -2.19. The first-order valence-corrected chi connectivity index (χ1v) is 9.16. The molecule has 2 aromatic rings. The van der Waals surface area contributed by atoms with Crippen LogP contribution in [-0.4, -0.2) is 27.6 Å². The fourth-order valence-corrected chi connectivity index (χ4v) is 2.98. The van der Waals surface area contributed by atoms with Gasteiger partial charge in [0.1, 0.15) is 0 Å². The van der Waals surface area contributed by atoms with Crippen LogP contribution in [0.1, 0.15) is 10.4 Å². The number of anilines is 1. The third kappa shape index (κ3) is 3.88. The molecule has 1 amide bonds. The summed E-state index contributed by atoms with van der Waals surface area (Å²) in [7, 11) is -2.24. The number of rotatable bonds is 5. The molecule has 116 valence electrons. The van der Waals surface area contributed by atoms with Gasteiger partial charge in [0, 0.05) is 16.1 Å². The fraction of sp³-hybridized carbons (Fsp3) is 0.133. The molecule has 2 rings (SSSR count). The number of carbonyl (C=O) groups excluding carboxylic acids is 1. The lowest BCUT2D eigenvalue weighted by Gasteiger charge is -2.08. The molecule has 0 heterocycles. The number of hydrogen-bond donors (Lipinski definition) is 2. The van der Waals surface area contributed by atoms with Crippen LogP contribution in [0.5, 0.6) is 0 Å². The molecule has 0 aromatic heterocycles. The van der Waals surface area contributed by atoms with Gasteiger partial charge in [0.15, 0.2) is 0 Å². The summed E-state index contributed by atoms with van der Waals surface area (Å²) in [4.78, 5) is 13.4. The Balaban J connectivity index is 2.20. The molecule has 0 bridgehead atoms. The van der Waals surface area contributed by atoms with Crippen LogP contribution in [0.3, 0.4) is 0 Å². The highest BCUT2D eigenvalue weighted by Gasteiger charge is 2.14. The number of carbonyl (C=O) groups is 1. The Morgan fingerprint density at radius 1 is 1.09 bits per heavy atom. The van der Waals surface area contributed by atoms with Crippen molar-refractivity contribution in [1.29, 1.82) is 0 Å². The van der Waals surface area contributed by atoms with E-state index in [1.165, 1.54) is 25.2 Å². The molecule has 7 heteroatoms. The number of hydrogen-bond acceptors (Lipinski definition) is 4. The average Bonchev–Trinajstić information content (AvgIpc) is 2.55. The molecule has 0 saturated carbocycles. The van der Waals surface area contributed by atoms with Crippen molar-refractivity contribution in [2.75, 3.05) is 18.6 Å². The van der Waals surface area contributed by atoms with Crippen molar-refractivity contribution in [1.82, 2.24) is 4.72 Å². The average molecular weight is 336 g/mol. The van der Waals surface area contributed by atoms with Crippen LogP contribution in [0.4, 0.5) is 5.69 Å². The third-order valence-corrected chi connectivity index (χ3v) is 5.18. The van der Waals surface area contributed by atoms with Crippen LogP contribution in [0.2, 0.25) is 0 Å². The molecule has 0 unspecified atom stereocenters. The second-order valence-electron chi connectivity index (χ2n) is 4.42. The maximum absolute atomic E-state index is 12.2. The minimum Gasteiger partial charge on any atom is -0.322 e. The molecule has 0 fully saturated rings. The molecule has 2 N–H and O–H groups in total. The highest BCUT2D eigenvalue weighted by Crippen LogP contribution is 2.18. The zero-order chi connectivity index (χ0) is 16.2. The Morgan fingerprint density at radius 2 is 1.77 bits per heavy atom. The maximum atomic E-state index is 12.2. The standard InChI is InChI=1S/C15H16N2O3S2/c1-16-22(19,20)14-5-3-4-11(10-14)15(18)17-12-6-8-13(21-2)9-7-12/h3-10,16H,1-2H3,(H,17,18). The van der Waals surface area contributed by atoms with Gasteiger partial charge in [-0.1, -0.05) is 6.07 Å². The smallest absolute Gasteiger partial charge is 0.255 e. The van der Waals surface area contributed by atoms with E-state index in [2.05, 4.69) is 10.0 Å². The molecular weight excluding hydrogens is 320 g/mol. The Labute approximate surface area is 134 Å². The quantitative estimate of drug-likeness (QED) is 0.823. The fourth-order valence-electron chi connectivity index (χ4n) is 1.80. The van der Waals surface area contributed by atoms with Gasteiger partial charge >= 0.3 is 0 Å². The second-order valence-corrected chi connectivity index (χ2v) is 7.18. The maximum Gasteiger partial charge on any atom is 0.255 e. The number of benzene rings is 2. The molecule has 0 saturated heterocycles. The normalized spacial score (nSPS) is 11.2. The van der Waals surface area contributed by atoms with Crippen LogP contribution in [-0.2, 0) is 10.0 Å². The minimum atomic E-state index is -3.57. The molecule has 0 spiro atoms. The molecule has 0 atom stereocenters. The highest BCUT2D eigenvalue weighted by atomic mass is 32.2. The van der Waals surface area contributed by atoms with Crippen LogP contribution in [0.25, 0.3) is 0 Å². The van der Waals surface area contributed by atoms with Crippen molar-refractivity contribution >= 4 is 33.4 Å². The van der Waals surface area contributed by atoms with E-state index >= 15 is 0 Å². The summed E-state index contributed by atoms with van der Waals surface area (Å²) < 4.78 is 25.7. The van der Waals surface area contributed by atoms with Crippen molar-refractivity contribution < 1.29 is 13.2 Å². The van der Waals surface area contributed by atoms with E-state index in [-0.39, 0.29) is 16.4 Å². The summed E-state index contributed by atoms with van der Waals surface area (Å²) in [5, 5.41) is 2.74. The lowest BCUT2D eigenvalue weighted by atomic mass is 10.2. The number of thioether (sulfide) groups is 1. The first kappa shape index (κ1) is 16.5. The molecule has 0 aliphatic heterocycles. The van der Waals surface area contributed by atoms with E-state index in [0.717, 1.165) is 4.90 Å². The number of nitrogens with one attached hydrogen (secondary N) is 2. The van der Waals surface area contributed by atoms with E-state index in [0.29, 0.717) is 5.69 Å². The van der Waals surface area contributed by atoms with Crippen LogP contribution in [0.15, 0.2) is 58.3 Å². The van der Waals surface area contributed by atoms with Crippen LogP contribution < -0.4 is 10.0 Å². The van der Waals surface area contributed by atoms with E-state index in [1.54, 1.807) is 30.0 Å². The van der Waals surface area contributed by atoms with Crippen molar-refractivity contribution in [3.8, 4) is 0 Å². The summed E-state index contributed by atoms with van der Waals surface area (Å²) in [6, 6.07) is 13.3. The van der Waals surface area contributed by atoms with Crippen molar-refractivity contribution in [3.63, 3.8) is 0 Å². The zero-order valence-electron chi connectivity index (χ0n) is 12.2.